The quantitative estimate of drug-likeness (QED) is 0.534. The second kappa shape index (κ2) is 6.79. The zero-order valence-electron chi connectivity index (χ0n) is 13.0. The van der Waals surface area contributed by atoms with Crippen molar-refractivity contribution in [2.75, 3.05) is 17.8 Å². The van der Waals surface area contributed by atoms with Crippen LogP contribution in [0.5, 0.6) is 0 Å². The number of hydrogen-bond acceptors (Lipinski definition) is 7. The van der Waals surface area contributed by atoms with E-state index in [0.29, 0.717) is 17.6 Å². The highest BCUT2D eigenvalue weighted by Crippen LogP contribution is 2.35. The molecule has 2 atom stereocenters. The summed E-state index contributed by atoms with van der Waals surface area (Å²) < 4.78 is 17.9. The molecule has 0 saturated carbocycles. The average molecular weight is 344 g/mol. The number of imidazole rings is 1. The lowest BCUT2D eigenvalue weighted by Gasteiger charge is -2.22. The van der Waals surface area contributed by atoms with Crippen LogP contribution in [0.15, 0.2) is 6.33 Å². The molecule has 11 heteroatoms. The molecule has 0 saturated heterocycles. The summed E-state index contributed by atoms with van der Waals surface area (Å²) in [7, 11) is -4.18. The lowest BCUT2D eigenvalue weighted by Crippen LogP contribution is -2.18. The normalized spacial score (nSPS) is 15.0. The summed E-state index contributed by atoms with van der Waals surface area (Å²) in [6.45, 7) is 3.75. The molecule has 0 fully saturated rings. The molecule has 1 unspecified atom stereocenters. The third-order valence-corrected chi connectivity index (χ3v) is 3.95. The minimum absolute atomic E-state index is 0.0273. The van der Waals surface area contributed by atoms with Gasteiger partial charge in [-0.1, -0.05) is 6.92 Å². The van der Waals surface area contributed by atoms with Crippen molar-refractivity contribution in [2.24, 2.45) is 0 Å². The molecule has 6 N–H and O–H groups in total. The highest BCUT2D eigenvalue weighted by atomic mass is 31.2. The number of anilines is 2. The Labute approximate surface area is 133 Å². The maximum atomic E-state index is 10.9. The molecule has 0 bridgehead atoms. The van der Waals surface area contributed by atoms with Gasteiger partial charge in [0.05, 0.1) is 12.4 Å². The Morgan fingerprint density at radius 3 is 2.70 bits per heavy atom. The van der Waals surface area contributed by atoms with Gasteiger partial charge in [-0.05, 0) is 19.8 Å². The van der Waals surface area contributed by atoms with Crippen molar-refractivity contribution < 1.29 is 19.1 Å². The largest absolute Gasteiger partial charge is 0.382 e. The highest BCUT2D eigenvalue weighted by molar-refractivity contribution is 7.51. The van der Waals surface area contributed by atoms with Gasteiger partial charge >= 0.3 is 7.60 Å². The van der Waals surface area contributed by atoms with Gasteiger partial charge < -0.3 is 30.6 Å². The second-order valence-electron chi connectivity index (χ2n) is 5.36. The van der Waals surface area contributed by atoms with Crippen molar-refractivity contribution in [3.05, 3.63) is 6.33 Å². The Hall–Kier alpha value is -1.74. The van der Waals surface area contributed by atoms with Gasteiger partial charge in [0, 0.05) is 6.04 Å². The molecule has 0 radical (unpaired) electrons. The Morgan fingerprint density at radius 1 is 1.39 bits per heavy atom. The van der Waals surface area contributed by atoms with E-state index in [-0.39, 0.29) is 23.9 Å². The van der Waals surface area contributed by atoms with Crippen molar-refractivity contribution in [3.8, 4) is 0 Å². The van der Waals surface area contributed by atoms with Crippen LogP contribution in [0, 0.1) is 0 Å². The fourth-order valence-corrected chi connectivity index (χ4v) is 2.82. The van der Waals surface area contributed by atoms with Gasteiger partial charge in [0.15, 0.2) is 11.5 Å². The van der Waals surface area contributed by atoms with Gasteiger partial charge in [0.1, 0.15) is 11.9 Å². The summed E-state index contributed by atoms with van der Waals surface area (Å²) in [4.78, 5) is 30.0. The third kappa shape index (κ3) is 4.38. The third-order valence-electron chi connectivity index (χ3n) is 3.46. The number of nitrogens with zero attached hydrogens (tertiary/aromatic N) is 4. The van der Waals surface area contributed by atoms with Crippen LogP contribution < -0.4 is 11.5 Å². The summed E-state index contributed by atoms with van der Waals surface area (Å²) in [5, 5.41) is 0. The first kappa shape index (κ1) is 17.6. The monoisotopic (exact) mass is 344 g/mol. The van der Waals surface area contributed by atoms with E-state index in [2.05, 4.69) is 15.0 Å². The van der Waals surface area contributed by atoms with Gasteiger partial charge in [-0.15, -0.1) is 0 Å². The fourth-order valence-electron chi connectivity index (χ4n) is 2.38. The van der Waals surface area contributed by atoms with E-state index in [1.807, 2.05) is 11.5 Å². The zero-order chi connectivity index (χ0) is 17.2. The lowest BCUT2D eigenvalue weighted by molar-refractivity contribution is 0.0703. The SMILES string of the molecule is CC[C@H](CC(C)OCP(=O)(O)O)n1cnc2c(N)nc(N)nc21. The summed E-state index contributed by atoms with van der Waals surface area (Å²) in [6, 6.07) is -0.0273. The summed E-state index contributed by atoms with van der Waals surface area (Å²) in [5.74, 6) is 0.282. The first-order valence-electron chi connectivity index (χ1n) is 7.13. The standard InChI is InChI=1S/C12H21N6O4P/c1-3-8(4-7(2)22-6-23(19,20)21)18-5-15-9-10(13)16-12(14)17-11(9)18/h5,7-8H,3-4,6H2,1-2H3,(H2,19,20,21)(H4,13,14,16,17)/t7?,8-/m1/s1. The average Bonchev–Trinajstić information content (AvgIpc) is 2.85. The molecule has 0 amide bonds. The van der Waals surface area contributed by atoms with Crippen molar-refractivity contribution >= 4 is 30.5 Å². The lowest BCUT2D eigenvalue weighted by atomic mass is 10.1. The van der Waals surface area contributed by atoms with Gasteiger partial charge in [-0.2, -0.15) is 9.97 Å². The molecule has 0 aliphatic carbocycles. The number of aromatic nitrogens is 4. The molecular formula is C12H21N6O4P. The highest BCUT2D eigenvalue weighted by Gasteiger charge is 2.21. The van der Waals surface area contributed by atoms with Crippen LogP contribution in [0.2, 0.25) is 0 Å². The summed E-state index contributed by atoms with van der Waals surface area (Å²) >= 11 is 0. The smallest absolute Gasteiger partial charge is 0.350 e. The van der Waals surface area contributed by atoms with E-state index in [0.717, 1.165) is 6.42 Å². The molecule has 2 rings (SSSR count). The number of rotatable bonds is 7. The molecule has 2 aromatic heterocycles. The molecule has 0 aliphatic heterocycles. The van der Waals surface area contributed by atoms with E-state index in [1.54, 1.807) is 13.3 Å². The van der Waals surface area contributed by atoms with E-state index in [1.165, 1.54) is 0 Å². The number of fused-ring (bicyclic) bond motifs is 1. The number of hydrogen-bond donors (Lipinski definition) is 4. The predicted octanol–water partition coefficient (Wildman–Crippen LogP) is 0.872. The van der Waals surface area contributed by atoms with Crippen LogP contribution in [0.3, 0.4) is 0 Å². The first-order chi connectivity index (χ1) is 10.7. The van der Waals surface area contributed by atoms with E-state index in [9.17, 15) is 4.57 Å². The predicted molar refractivity (Wildman–Crippen MR) is 85.6 cm³/mol. The van der Waals surface area contributed by atoms with Gasteiger partial charge in [0.25, 0.3) is 0 Å². The summed E-state index contributed by atoms with van der Waals surface area (Å²) in [6.07, 6.45) is 1.95. The summed E-state index contributed by atoms with van der Waals surface area (Å²) in [5.41, 5.74) is 12.4. The Bertz CT molecular complexity index is 730. The van der Waals surface area contributed by atoms with Crippen molar-refractivity contribution in [1.29, 1.82) is 0 Å². The molecule has 0 aromatic carbocycles. The van der Waals surface area contributed by atoms with Crippen LogP contribution >= 0.6 is 7.60 Å². The van der Waals surface area contributed by atoms with Gasteiger partial charge in [0.2, 0.25) is 5.95 Å². The number of nitrogen functional groups attached to an aromatic ring is 2. The first-order valence-corrected chi connectivity index (χ1v) is 8.92. The number of nitrogens with two attached hydrogens (primary N) is 2. The maximum Gasteiger partial charge on any atom is 0.350 e. The Balaban J connectivity index is 2.19. The molecule has 2 heterocycles. The minimum Gasteiger partial charge on any atom is -0.382 e. The minimum atomic E-state index is -4.18. The van der Waals surface area contributed by atoms with Crippen LogP contribution in [-0.4, -0.2) is 41.8 Å². The van der Waals surface area contributed by atoms with E-state index >= 15 is 0 Å². The number of ether oxygens (including phenoxy) is 1. The van der Waals surface area contributed by atoms with E-state index in [4.69, 9.17) is 26.0 Å². The van der Waals surface area contributed by atoms with Crippen molar-refractivity contribution in [1.82, 2.24) is 19.5 Å². The van der Waals surface area contributed by atoms with Gasteiger partial charge in [-0.3, -0.25) is 4.57 Å². The molecule has 0 spiro atoms. The van der Waals surface area contributed by atoms with Crippen LogP contribution in [0.4, 0.5) is 11.8 Å². The topological polar surface area (TPSA) is 162 Å². The molecule has 128 valence electrons. The maximum absolute atomic E-state index is 10.9. The van der Waals surface area contributed by atoms with Gasteiger partial charge in [-0.25, -0.2) is 4.98 Å². The zero-order valence-corrected chi connectivity index (χ0v) is 13.8. The van der Waals surface area contributed by atoms with Crippen molar-refractivity contribution in [3.63, 3.8) is 0 Å². The molecule has 23 heavy (non-hydrogen) atoms. The van der Waals surface area contributed by atoms with Crippen molar-refractivity contribution in [2.45, 2.75) is 38.8 Å². The second-order valence-corrected chi connectivity index (χ2v) is 6.95. The Kier molecular flexibility index (Phi) is 5.20. The molecule has 10 nitrogen and oxygen atoms in total. The van der Waals surface area contributed by atoms with Crippen LogP contribution in [0.1, 0.15) is 32.7 Å². The van der Waals surface area contributed by atoms with E-state index < -0.39 is 13.9 Å². The Morgan fingerprint density at radius 2 is 2.09 bits per heavy atom. The fraction of sp³-hybridized carbons (Fsp3) is 0.583. The molecular weight excluding hydrogens is 323 g/mol. The molecule has 2 aromatic rings. The van der Waals surface area contributed by atoms with Crippen LogP contribution in [0.25, 0.3) is 11.2 Å². The van der Waals surface area contributed by atoms with Crippen LogP contribution in [-0.2, 0) is 9.30 Å². The molecule has 0 aliphatic rings.